The van der Waals surface area contributed by atoms with Gasteiger partial charge in [-0.25, -0.2) is 9.97 Å². The summed E-state index contributed by atoms with van der Waals surface area (Å²) in [5.74, 6) is -1.17. The van der Waals surface area contributed by atoms with E-state index in [1.165, 1.54) is 18.2 Å². The maximum Gasteiger partial charge on any atom is 0.451 e. The van der Waals surface area contributed by atoms with Gasteiger partial charge in [0.05, 0.1) is 10.7 Å². The van der Waals surface area contributed by atoms with E-state index in [1.54, 1.807) is 6.07 Å². The van der Waals surface area contributed by atoms with Crippen molar-refractivity contribution in [2.45, 2.75) is 32.0 Å². The molecule has 1 aliphatic carbocycles. The third kappa shape index (κ3) is 3.84. The summed E-state index contributed by atoms with van der Waals surface area (Å²) in [6, 6.07) is 1.72. The van der Waals surface area contributed by atoms with E-state index in [0.29, 0.717) is 22.8 Å². The van der Waals surface area contributed by atoms with E-state index in [-0.39, 0.29) is 0 Å². The van der Waals surface area contributed by atoms with Crippen LogP contribution in [-0.2, 0) is 12.7 Å². The molecule has 8 heteroatoms. The summed E-state index contributed by atoms with van der Waals surface area (Å²) in [4.78, 5) is 10.8. The average molecular weight is 355 g/mol. The normalized spacial score (nSPS) is 14.2. The topological polar surface area (TPSA) is 50.7 Å². The Labute approximate surface area is 141 Å². The van der Waals surface area contributed by atoms with E-state index in [4.69, 9.17) is 11.6 Å². The predicted molar refractivity (Wildman–Crippen MR) is 84.0 cm³/mol. The molecular weight excluding hydrogens is 341 g/mol. The molecule has 0 aromatic carbocycles. The van der Waals surface area contributed by atoms with Gasteiger partial charge in [0.15, 0.2) is 0 Å². The highest BCUT2D eigenvalue weighted by atomic mass is 35.5. The van der Waals surface area contributed by atoms with Crippen molar-refractivity contribution in [1.29, 1.82) is 0 Å². The molecular formula is C16H14ClF3N4. The second kappa shape index (κ2) is 6.76. The SMILES string of the molecule is FC(F)(F)c1ncc(-c2cc(CNC=C3CCC3)c(Cl)cn2)cn1. The number of aromatic nitrogens is 3. The molecule has 2 heterocycles. The molecule has 1 fully saturated rings. The van der Waals surface area contributed by atoms with E-state index in [1.807, 2.05) is 6.20 Å². The molecule has 0 aliphatic heterocycles. The number of allylic oxidation sites excluding steroid dienone is 1. The molecule has 2 aromatic heterocycles. The zero-order valence-corrected chi connectivity index (χ0v) is 13.3. The van der Waals surface area contributed by atoms with Crippen LogP contribution in [0.2, 0.25) is 5.02 Å². The maximum absolute atomic E-state index is 12.5. The van der Waals surface area contributed by atoms with Crippen LogP contribution in [0.15, 0.2) is 36.4 Å². The van der Waals surface area contributed by atoms with Gasteiger partial charge in [0.25, 0.3) is 0 Å². The number of hydrogen-bond donors (Lipinski definition) is 1. The Kier molecular flexibility index (Phi) is 4.71. The lowest BCUT2D eigenvalue weighted by Gasteiger charge is -2.16. The largest absolute Gasteiger partial charge is 0.451 e. The Morgan fingerprint density at radius 1 is 1.12 bits per heavy atom. The lowest BCUT2D eigenvalue weighted by Crippen LogP contribution is -2.11. The third-order valence-corrected chi connectivity index (χ3v) is 4.07. The number of halogens is 4. The summed E-state index contributed by atoms with van der Waals surface area (Å²) in [5.41, 5.74) is 3.05. The summed E-state index contributed by atoms with van der Waals surface area (Å²) in [6.07, 6.45) is 4.58. The number of rotatable bonds is 4. The van der Waals surface area contributed by atoms with Crippen LogP contribution in [0.5, 0.6) is 0 Å². The zero-order valence-electron chi connectivity index (χ0n) is 12.6. The van der Waals surface area contributed by atoms with Crippen LogP contribution in [0.4, 0.5) is 13.2 Å². The van der Waals surface area contributed by atoms with Crippen LogP contribution < -0.4 is 5.32 Å². The number of alkyl halides is 3. The van der Waals surface area contributed by atoms with Crippen molar-refractivity contribution in [2.75, 3.05) is 0 Å². The van der Waals surface area contributed by atoms with Crippen molar-refractivity contribution in [2.24, 2.45) is 0 Å². The van der Waals surface area contributed by atoms with Gasteiger partial charge in [-0.15, -0.1) is 0 Å². The van der Waals surface area contributed by atoms with E-state index in [9.17, 15) is 13.2 Å². The van der Waals surface area contributed by atoms with E-state index in [0.717, 1.165) is 30.8 Å². The van der Waals surface area contributed by atoms with Crippen molar-refractivity contribution >= 4 is 11.6 Å². The number of nitrogens with zero attached hydrogens (tertiary/aromatic N) is 3. The van der Waals surface area contributed by atoms with Crippen molar-refractivity contribution in [1.82, 2.24) is 20.3 Å². The van der Waals surface area contributed by atoms with Gasteiger partial charge >= 0.3 is 6.18 Å². The van der Waals surface area contributed by atoms with Crippen molar-refractivity contribution in [3.63, 3.8) is 0 Å². The highest BCUT2D eigenvalue weighted by Gasteiger charge is 2.34. The van der Waals surface area contributed by atoms with Gasteiger partial charge in [-0.1, -0.05) is 17.2 Å². The fourth-order valence-electron chi connectivity index (χ4n) is 2.21. The molecule has 1 aliphatic rings. The van der Waals surface area contributed by atoms with Gasteiger partial charge in [0, 0.05) is 30.7 Å². The van der Waals surface area contributed by atoms with Gasteiger partial charge in [0.1, 0.15) is 0 Å². The van der Waals surface area contributed by atoms with Gasteiger partial charge in [-0.3, -0.25) is 4.98 Å². The summed E-state index contributed by atoms with van der Waals surface area (Å²) < 4.78 is 37.5. The molecule has 0 atom stereocenters. The molecule has 0 radical (unpaired) electrons. The Bertz CT molecular complexity index is 751. The second-order valence-corrected chi connectivity index (χ2v) is 5.90. The third-order valence-electron chi connectivity index (χ3n) is 3.73. The Hall–Kier alpha value is -2.15. The van der Waals surface area contributed by atoms with Crippen LogP contribution in [-0.4, -0.2) is 15.0 Å². The molecule has 0 bridgehead atoms. The summed E-state index contributed by atoms with van der Waals surface area (Å²) >= 11 is 6.13. The Morgan fingerprint density at radius 2 is 1.83 bits per heavy atom. The highest BCUT2D eigenvalue weighted by molar-refractivity contribution is 6.31. The average Bonchev–Trinajstić information content (AvgIpc) is 2.50. The van der Waals surface area contributed by atoms with Crippen LogP contribution in [0.25, 0.3) is 11.3 Å². The minimum absolute atomic E-state index is 0.401. The van der Waals surface area contributed by atoms with Crippen LogP contribution in [0, 0.1) is 0 Å². The molecule has 2 aromatic rings. The minimum atomic E-state index is -4.56. The fourth-order valence-corrected chi connectivity index (χ4v) is 2.38. The first kappa shape index (κ1) is 16.7. The standard InChI is InChI=1S/C16H14ClF3N4/c17-13-9-22-14(4-11(13)6-21-5-10-2-1-3-10)12-7-23-15(24-8-12)16(18,19)20/h4-5,7-9,21H,1-3,6H2. The molecule has 126 valence electrons. The monoisotopic (exact) mass is 354 g/mol. The quantitative estimate of drug-likeness (QED) is 0.885. The van der Waals surface area contributed by atoms with E-state index in [2.05, 4.69) is 20.3 Å². The minimum Gasteiger partial charge on any atom is -0.387 e. The molecule has 3 rings (SSSR count). The smallest absolute Gasteiger partial charge is 0.387 e. The van der Waals surface area contributed by atoms with Crippen LogP contribution >= 0.6 is 11.6 Å². The van der Waals surface area contributed by atoms with Crippen LogP contribution in [0.3, 0.4) is 0 Å². The fraction of sp³-hybridized carbons (Fsp3) is 0.312. The lowest BCUT2D eigenvalue weighted by atomic mass is 9.94. The maximum atomic E-state index is 12.5. The summed E-state index contributed by atoms with van der Waals surface area (Å²) in [6.45, 7) is 0.513. The lowest BCUT2D eigenvalue weighted by molar-refractivity contribution is -0.144. The number of pyridine rings is 1. The van der Waals surface area contributed by atoms with Crippen molar-refractivity contribution in [3.8, 4) is 11.3 Å². The first-order valence-corrected chi connectivity index (χ1v) is 7.76. The van der Waals surface area contributed by atoms with Crippen molar-refractivity contribution < 1.29 is 13.2 Å². The molecule has 0 unspecified atom stereocenters. The first-order valence-electron chi connectivity index (χ1n) is 7.39. The molecule has 1 saturated carbocycles. The molecule has 0 saturated heterocycles. The zero-order chi connectivity index (χ0) is 17.2. The van der Waals surface area contributed by atoms with Crippen LogP contribution in [0.1, 0.15) is 30.7 Å². The molecule has 1 N–H and O–H groups in total. The van der Waals surface area contributed by atoms with Crippen molar-refractivity contribution in [3.05, 3.63) is 52.8 Å². The van der Waals surface area contributed by atoms with E-state index < -0.39 is 12.0 Å². The first-order chi connectivity index (χ1) is 11.4. The summed E-state index contributed by atoms with van der Waals surface area (Å²) in [5, 5.41) is 3.69. The second-order valence-electron chi connectivity index (χ2n) is 5.49. The summed E-state index contributed by atoms with van der Waals surface area (Å²) in [7, 11) is 0. The molecule has 24 heavy (non-hydrogen) atoms. The highest BCUT2D eigenvalue weighted by Crippen LogP contribution is 2.28. The number of hydrogen-bond acceptors (Lipinski definition) is 4. The predicted octanol–water partition coefficient (Wildman–Crippen LogP) is 4.37. The number of nitrogens with one attached hydrogen (secondary N) is 1. The Balaban J connectivity index is 1.77. The Morgan fingerprint density at radius 3 is 2.42 bits per heavy atom. The van der Waals surface area contributed by atoms with E-state index >= 15 is 0 Å². The van der Waals surface area contributed by atoms with Gasteiger partial charge < -0.3 is 5.32 Å². The van der Waals surface area contributed by atoms with Gasteiger partial charge in [-0.05, 0) is 37.1 Å². The molecule has 0 spiro atoms. The van der Waals surface area contributed by atoms with Gasteiger partial charge in [-0.2, -0.15) is 13.2 Å². The molecule has 0 amide bonds. The molecule has 4 nitrogen and oxygen atoms in total. The van der Waals surface area contributed by atoms with Gasteiger partial charge in [0.2, 0.25) is 5.82 Å².